The van der Waals surface area contributed by atoms with Crippen LogP contribution in [0.15, 0.2) is 12.2 Å². The lowest BCUT2D eigenvalue weighted by molar-refractivity contribution is -0.137. The Kier molecular flexibility index (Phi) is 14.8. The second-order valence-electron chi connectivity index (χ2n) is 6.40. The minimum Gasteiger partial charge on any atom is -0.481 e. The van der Waals surface area contributed by atoms with Gasteiger partial charge >= 0.3 is 16.4 Å². The predicted molar refractivity (Wildman–Crippen MR) is 98.9 cm³/mol. The van der Waals surface area contributed by atoms with Crippen molar-refractivity contribution in [2.45, 2.75) is 96.5 Å². The van der Waals surface area contributed by atoms with Crippen LogP contribution in [0.1, 0.15) is 90.4 Å². The van der Waals surface area contributed by atoms with E-state index in [0.717, 1.165) is 64.2 Å². The van der Waals surface area contributed by atoms with Crippen LogP contribution < -0.4 is 0 Å². The zero-order valence-corrected chi connectivity index (χ0v) is 16.2. The molecule has 0 saturated heterocycles. The molecule has 0 aromatic carbocycles. The van der Waals surface area contributed by atoms with E-state index < -0.39 is 22.5 Å². The third-order valence-corrected chi connectivity index (χ3v) is 4.48. The molecule has 0 unspecified atom stereocenters. The maximum atomic E-state index is 10.9. The first-order valence-electron chi connectivity index (χ1n) is 9.37. The van der Waals surface area contributed by atoms with E-state index in [1.165, 1.54) is 0 Å². The van der Waals surface area contributed by atoms with Crippen LogP contribution in [0.4, 0.5) is 0 Å². The first kappa shape index (κ1) is 24.1. The molecule has 2 N–H and O–H groups in total. The van der Waals surface area contributed by atoms with Gasteiger partial charge in [-0.05, 0) is 32.1 Å². The molecule has 7 heteroatoms. The largest absolute Gasteiger partial charge is 0.481 e. The molecular weight excluding hydrogens is 344 g/mol. The highest BCUT2D eigenvalue weighted by molar-refractivity contribution is 7.80. The van der Waals surface area contributed by atoms with Gasteiger partial charge in [-0.3, -0.25) is 9.35 Å². The summed E-state index contributed by atoms with van der Waals surface area (Å²) in [6.45, 7) is 2.11. The molecule has 0 aliphatic heterocycles. The number of unbranched alkanes of at least 4 members (excludes halogenated alkanes) is 8. The van der Waals surface area contributed by atoms with Crippen LogP contribution in [-0.4, -0.2) is 30.2 Å². The molecule has 148 valence electrons. The average molecular weight is 379 g/mol. The van der Waals surface area contributed by atoms with E-state index in [1.54, 1.807) is 0 Å². The highest BCUT2D eigenvalue weighted by Gasteiger charge is 2.15. The monoisotopic (exact) mass is 378 g/mol. The van der Waals surface area contributed by atoms with E-state index in [-0.39, 0.29) is 6.42 Å². The fraction of sp³-hybridized carbons (Fsp3) is 0.833. The highest BCUT2D eigenvalue weighted by atomic mass is 32.3. The molecule has 0 bridgehead atoms. The molecule has 0 aliphatic carbocycles. The van der Waals surface area contributed by atoms with Crippen LogP contribution in [0.3, 0.4) is 0 Å². The third-order valence-electron chi connectivity index (χ3n) is 3.96. The third kappa shape index (κ3) is 19.3. The lowest BCUT2D eigenvalue weighted by atomic mass is 10.1. The number of hydrogen-bond acceptors (Lipinski definition) is 4. The second-order valence-corrected chi connectivity index (χ2v) is 7.45. The molecular formula is C18H34O6S. The highest BCUT2D eigenvalue weighted by Crippen LogP contribution is 2.14. The smallest absolute Gasteiger partial charge is 0.397 e. The minimum absolute atomic E-state index is 0.243. The Balaban J connectivity index is 3.86. The Morgan fingerprint density at radius 3 is 2.28 bits per heavy atom. The number of carboxylic acids is 1. The van der Waals surface area contributed by atoms with Crippen molar-refractivity contribution in [3.63, 3.8) is 0 Å². The Bertz CT molecular complexity index is 458. The number of carboxylic acid groups (broad SMARTS) is 1. The van der Waals surface area contributed by atoms with Crippen molar-refractivity contribution in [3.8, 4) is 0 Å². The average Bonchev–Trinajstić information content (AvgIpc) is 2.51. The summed E-state index contributed by atoms with van der Waals surface area (Å²) in [6, 6.07) is 0. The van der Waals surface area contributed by atoms with E-state index in [4.69, 9.17) is 13.8 Å². The van der Waals surface area contributed by atoms with Crippen LogP contribution in [0, 0.1) is 0 Å². The van der Waals surface area contributed by atoms with Crippen LogP contribution >= 0.6 is 0 Å². The molecule has 0 rings (SSSR count). The van der Waals surface area contributed by atoms with Gasteiger partial charge in [-0.25, -0.2) is 4.18 Å². The Labute approximate surface area is 152 Å². The molecule has 6 nitrogen and oxygen atoms in total. The molecule has 0 spiro atoms. The van der Waals surface area contributed by atoms with Gasteiger partial charge in [0.1, 0.15) is 0 Å². The Hall–Kier alpha value is -0.920. The molecule has 25 heavy (non-hydrogen) atoms. The first-order chi connectivity index (χ1) is 11.8. The quantitative estimate of drug-likeness (QED) is 0.212. The van der Waals surface area contributed by atoms with Crippen LogP contribution in [0.5, 0.6) is 0 Å². The lowest BCUT2D eigenvalue weighted by Gasteiger charge is -2.13. The van der Waals surface area contributed by atoms with Crippen molar-refractivity contribution in [1.29, 1.82) is 0 Å². The van der Waals surface area contributed by atoms with Crippen LogP contribution in [0.25, 0.3) is 0 Å². The van der Waals surface area contributed by atoms with E-state index in [0.29, 0.717) is 12.8 Å². The molecule has 0 fully saturated rings. The molecule has 0 radical (unpaired) electrons. The summed E-state index contributed by atoms with van der Waals surface area (Å²) in [4.78, 5) is 10.4. The summed E-state index contributed by atoms with van der Waals surface area (Å²) in [6.07, 6.45) is 14.6. The van der Waals surface area contributed by atoms with E-state index in [9.17, 15) is 13.2 Å². The fourth-order valence-electron chi connectivity index (χ4n) is 2.61. The normalized spacial score (nSPS) is 13.4. The molecule has 0 aliphatic rings. The maximum absolute atomic E-state index is 10.9. The van der Waals surface area contributed by atoms with Crippen LogP contribution in [-0.2, 0) is 19.4 Å². The van der Waals surface area contributed by atoms with Gasteiger partial charge in [0.25, 0.3) is 0 Å². The van der Waals surface area contributed by atoms with E-state index in [1.807, 2.05) is 12.2 Å². The second kappa shape index (κ2) is 15.3. The Morgan fingerprint density at radius 2 is 1.64 bits per heavy atom. The summed E-state index contributed by atoms with van der Waals surface area (Å²) in [5.41, 5.74) is 0. The van der Waals surface area contributed by atoms with Gasteiger partial charge < -0.3 is 5.11 Å². The maximum Gasteiger partial charge on any atom is 0.397 e. The number of aliphatic carboxylic acids is 1. The standard InChI is InChI=1S/C18H34O6S/c1-2-3-4-11-14-17(24-25(21,22)23)15-12-9-7-5-6-8-10-13-16-18(19)20/h9,12,17H,2-8,10-11,13-16H2,1H3,(H,19,20)(H,21,22,23)/t17-/m1/s1. The van der Waals surface area contributed by atoms with Gasteiger partial charge in [-0.2, -0.15) is 8.42 Å². The van der Waals surface area contributed by atoms with E-state index in [2.05, 4.69) is 6.92 Å². The zero-order valence-electron chi connectivity index (χ0n) is 15.4. The summed E-state index contributed by atoms with van der Waals surface area (Å²) < 4.78 is 35.4. The minimum atomic E-state index is -4.41. The van der Waals surface area contributed by atoms with Crippen molar-refractivity contribution in [2.75, 3.05) is 0 Å². The molecule has 0 amide bonds. The van der Waals surface area contributed by atoms with Crippen LogP contribution in [0.2, 0.25) is 0 Å². The van der Waals surface area contributed by atoms with Crippen molar-refractivity contribution < 1.29 is 27.1 Å². The summed E-state index contributed by atoms with van der Waals surface area (Å²) in [5.74, 6) is -0.737. The number of rotatable bonds is 17. The van der Waals surface area contributed by atoms with Gasteiger partial charge in [0.2, 0.25) is 0 Å². The number of carbonyl (C=O) groups is 1. The summed E-state index contributed by atoms with van der Waals surface area (Å²) >= 11 is 0. The molecule has 0 heterocycles. The topological polar surface area (TPSA) is 101 Å². The van der Waals surface area contributed by atoms with Crippen molar-refractivity contribution in [1.82, 2.24) is 0 Å². The zero-order chi connectivity index (χ0) is 19.0. The number of hydrogen-bond donors (Lipinski definition) is 2. The molecule has 0 aromatic heterocycles. The number of allylic oxidation sites excluding steroid dienone is 1. The van der Waals surface area contributed by atoms with Gasteiger partial charge in [-0.1, -0.05) is 64.0 Å². The SMILES string of the molecule is CCCCCC[C@H](CC=CCCCCCCCC(=O)O)OS(=O)(=O)O. The van der Waals surface area contributed by atoms with Gasteiger partial charge in [-0.15, -0.1) is 0 Å². The fourth-order valence-corrected chi connectivity index (χ4v) is 3.13. The summed E-state index contributed by atoms with van der Waals surface area (Å²) in [5, 5.41) is 8.54. The molecule has 0 aromatic rings. The lowest BCUT2D eigenvalue weighted by Crippen LogP contribution is -2.17. The van der Waals surface area contributed by atoms with Gasteiger partial charge in [0.15, 0.2) is 0 Å². The first-order valence-corrected chi connectivity index (χ1v) is 10.7. The van der Waals surface area contributed by atoms with Crippen molar-refractivity contribution >= 4 is 16.4 Å². The summed E-state index contributed by atoms with van der Waals surface area (Å²) in [7, 11) is -4.41. The van der Waals surface area contributed by atoms with Gasteiger partial charge in [0.05, 0.1) is 6.10 Å². The van der Waals surface area contributed by atoms with Crippen molar-refractivity contribution in [2.24, 2.45) is 0 Å². The predicted octanol–water partition coefficient (Wildman–Crippen LogP) is 4.91. The molecule has 1 atom stereocenters. The molecule has 0 saturated carbocycles. The van der Waals surface area contributed by atoms with Gasteiger partial charge in [0, 0.05) is 6.42 Å². The van der Waals surface area contributed by atoms with Crippen molar-refractivity contribution in [3.05, 3.63) is 12.2 Å². The Morgan fingerprint density at radius 1 is 1.00 bits per heavy atom. The van der Waals surface area contributed by atoms with E-state index >= 15 is 0 Å².